The molecule has 1 aromatic rings. The zero-order chi connectivity index (χ0) is 18.0. The predicted molar refractivity (Wildman–Crippen MR) is 107 cm³/mol. The average molecular weight is 380 g/mol. The van der Waals surface area contributed by atoms with E-state index in [0.29, 0.717) is 29.0 Å². The van der Waals surface area contributed by atoms with Gasteiger partial charge in [-0.05, 0) is 49.4 Å². The number of halogens is 1. The van der Waals surface area contributed by atoms with Gasteiger partial charge in [-0.1, -0.05) is 32.9 Å². The molecule has 3 atom stereocenters. The molecule has 0 radical (unpaired) electrons. The largest absolute Gasteiger partial charge is 0.338 e. The lowest BCUT2D eigenvalue weighted by atomic mass is 9.88. The molecular weight excluding hydrogens is 350 g/mol. The number of piperidine rings is 1. The maximum absolute atomic E-state index is 13.0. The van der Waals surface area contributed by atoms with Gasteiger partial charge in [-0.15, -0.1) is 12.4 Å². The Morgan fingerprint density at radius 1 is 1.15 bits per heavy atom. The van der Waals surface area contributed by atoms with Gasteiger partial charge in [0.1, 0.15) is 0 Å². The first-order valence-corrected chi connectivity index (χ1v) is 9.35. The summed E-state index contributed by atoms with van der Waals surface area (Å²) in [6.07, 6.45) is 1.16. The maximum atomic E-state index is 13.0. The predicted octanol–water partition coefficient (Wildman–Crippen LogP) is 3.02. The highest BCUT2D eigenvalue weighted by atomic mass is 35.5. The van der Waals surface area contributed by atoms with Crippen molar-refractivity contribution in [3.63, 3.8) is 0 Å². The van der Waals surface area contributed by atoms with Crippen molar-refractivity contribution in [2.45, 2.75) is 27.2 Å². The smallest absolute Gasteiger partial charge is 0.255 e. The molecule has 3 rings (SSSR count). The number of para-hydroxylation sites is 1. The molecule has 2 N–H and O–H groups in total. The van der Waals surface area contributed by atoms with E-state index in [4.69, 9.17) is 0 Å². The SMILES string of the molecule is CC1CC(C)CN(C(=O)c2ccccc2NC(=O)C(C)C2CNC2)C1.Cl. The van der Waals surface area contributed by atoms with Gasteiger partial charge in [-0.2, -0.15) is 0 Å². The van der Waals surface area contributed by atoms with E-state index >= 15 is 0 Å². The van der Waals surface area contributed by atoms with E-state index in [1.54, 1.807) is 0 Å². The minimum atomic E-state index is -0.0561. The van der Waals surface area contributed by atoms with Crippen molar-refractivity contribution in [2.75, 3.05) is 31.5 Å². The van der Waals surface area contributed by atoms with Crippen LogP contribution in [0, 0.1) is 23.7 Å². The van der Waals surface area contributed by atoms with Crippen LogP contribution in [0.15, 0.2) is 24.3 Å². The van der Waals surface area contributed by atoms with Crippen molar-refractivity contribution >= 4 is 29.9 Å². The van der Waals surface area contributed by atoms with Crippen molar-refractivity contribution in [2.24, 2.45) is 23.7 Å². The third-order valence-electron chi connectivity index (χ3n) is 5.51. The van der Waals surface area contributed by atoms with Crippen LogP contribution in [0.4, 0.5) is 5.69 Å². The molecule has 2 saturated heterocycles. The fraction of sp³-hybridized carbons (Fsp3) is 0.600. The zero-order valence-corrected chi connectivity index (χ0v) is 16.6. The van der Waals surface area contributed by atoms with Crippen LogP contribution in [0.2, 0.25) is 0 Å². The molecule has 144 valence electrons. The molecule has 26 heavy (non-hydrogen) atoms. The number of carbonyl (C=O) groups is 2. The number of hydrogen-bond donors (Lipinski definition) is 2. The summed E-state index contributed by atoms with van der Waals surface area (Å²) in [7, 11) is 0. The molecule has 0 bridgehead atoms. The molecule has 2 fully saturated rings. The quantitative estimate of drug-likeness (QED) is 0.845. The summed E-state index contributed by atoms with van der Waals surface area (Å²) in [6.45, 7) is 9.69. The Morgan fingerprint density at radius 2 is 1.77 bits per heavy atom. The van der Waals surface area contributed by atoms with Crippen LogP contribution in [0.1, 0.15) is 37.6 Å². The lowest BCUT2D eigenvalue weighted by molar-refractivity contribution is -0.121. The minimum Gasteiger partial charge on any atom is -0.338 e. The van der Waals surface area contributed by atoms with Crippen LogP contribution >= 0.6 is 12.4 Å². The van der Waals surface area contributed by atoms with Crippen LogP contribution in [-0.2, 0) is 4.79 Å². The van der Waals surface area contributed by atoms with Crippen LogP contribution in [0.3, 0.4) is 0 Å². The molecule has 0 aromatic heterocycles. The minimum absolute atomic E-state index is 0. The second kappa shape index (κ2) is 8.87. The summed E-state index contributed by atoms with van der Waals surface area (Å²) in [6, 6.07) is 7.37. The van der Waals surface area contributed by atoms with E-state index in [-0.39, 0.29) is 30.1 Å². The third kappa shape index (κ3) is 4.57. The number of anilines is 1. The first-order chi connectivity index (χ1) is 12.0. The van der Waals surface area contributed by atoms with E-state index in [2.05, 4.69) is 24.5 Å². The fourth-order valence-electron chi connectivity index (χ4n) is 3.90. The summed E-state index contributed by atoms with van der Waals surface area (Å²) in [4.78, 5) is 27.5. The number of amides is 2. The van der Waals surface area contributed by atoms with Crippen molar-refractivity contribution in [1.29, 1.82) is 0 Å². The maximum Gasteiger partial charge on any atom is 0.255 e. The van der Waals surface area contributed by atoms with Gasteiger partial charge in [0.15, 0.2) is 0 Å². The van der Waals surface area contributed by atoms with Crippen molar-refractivity contribution in [1.82, 2.24) is 10.2 Å². The number of nitrogens with one attached hydrogen (secondary N) is 2. The Morgan fingerprint density at radius 3 is 2.35 bits per heavy atom. The normalized spacial score (nSPS) is 24.2. The molecule has 2 aliphatic rings. The first-order valence-electron chi connectivity index (χ1n) is 9.35. The number of hydrogen-bond acceptors (Lipinski definition) is 3. The van der Waals surface area contributed by atoms with Crippen LogP contribution < -0.4 is 10.6 Å². The summed E-state index contributed by atoms with van der Waals surface area (Å²) in [5.41, 5.74) is 1.22. The van der Waals surface area contributed by atoms with Gasteiger partial charge in [0.05, 0.1) is 11.3 Å². The van der Waals surface area contributed by atoms with E-state index in [1.165, 1.54) is 0 Å². The standard InChI is InChI=1S/C20H29N3O2.ClH/c1-13-8-14(2)12-23(11-13)20(25)17-6-4-5-7-18(17)22-19(24)15(3)16-9-21-10-16;/h4-7,13-16,21H,8-12H2,1-3H3,(H,22,24);1H. The number of carbonyl (C=O) groups excluding carboxylic acids is 2. The lowest BCUT2D eigenvalue weighted by Gasteiger charge is -2.35. The van der Waals surface area contributed by atoms with Crippen LogP contribution in [0.25, 0.3) is 0 Å². The van der Waals surface area contributed by atoms with Gasteiger partial charge in [0.25, 0.3) is 5.91 Å². The van der Waals surface area contributed by atoms with Gasteiger partial charge in [-0.25, -0.2) is 0 Å². The Hall–Kier alpha value is -1.59. The summed E-state index contributed by atoms with van der Waals surface area (Å²) >= 11 is 0. The van der Waals surface area contributed by atoms with Crippen molar-refractivity contribution in [3.05, 3.63) is 29.8 Å². The summed E-state index contributed by atoms with van der Waals surface area (Å²) in [5.74, 6) is 1.37. The van der Waals surface area contributed by atoms with E-state index in [0.717, 1.165) is 32.6 Å². The molecule has 0 aliphatic carbocycles. The topological polar surface area (TPSA) is 61.4 Å². The Balaban J connectivity index is 0.00000243. The van der Waals surface area contributed by atoms with Gasteiger partial charge in [0.2, 0.25) is 5.91 Å². The van der Waals surface area contributed by atoms with Gasteiger partial charge < -0.3 is 15.5 Å². The zero-order valence-electron chi connectivity index (χ0n) is 15.8. The monoisotopic (exact) mass is 379 g/mol. The highest BCUT2D eigenvalue weighted by Crippen LogP contribution is 2.26. The molecule has 6 heteroatoms. The Bertz CT molecular complexity index is 638. The van der Waals surface area contributed by atoms with Crippen molar-refractivity contribution < 1.29 is 9.59 Å². The van der Waals surface area contributed by atoms with E-state index < -0.39 is 0 Å². The number of rotatable bonds is 4. The summed E-state index contributed by atoms with van der Waals surface area (Å²) in [5, 5.41) is 6.19. The first kappa shape index (κ1) is 20.7. The van der Waals surface area contributed by atoms with Gasteiger partial charge in [0, 0.05) is 19.0 Å². The summed E-state index contributed by atoms with van der Waals surface area (Å²) < 4.78 is 0. The molecule has 1 aromatic carbocycles. The molecule has 2 heterocycles. The third-order valence-corrected chi connectivity index (χ3v) is 5.51. The molecule has 2 aliphatic heterocycles. The second-order valence-corrected chi connectivity index (χ2v) is 7.90. The fourth-order valence-corrected chi connectivity index (χ4v) is 3.90. The second-order valence-electron chi connectivity index (χ2n) is 7.90. The van der Waals surface area contributed by atoms with Gasteiger partial charge in [-0.3, -0.25) is 9.59 Å². The van der Waals surface area contributed by atoms with E-state index in [9.17, 15) is 9.59 Å². The lowest BCUT2D eigenvalue weighted by Crippen LogP contribution is -2.48. The Labute approximate surface area is 162 Å². The Kier molecular flexibility index (Phi) is 7.07. The van der Waals surface area contributed by atoms with Crippen LogP contribution in [0.5, 0.6) is 0 Å². The molecule has 3 unspecified atom stereocenters. The number of likely N-dealkylation sites (tertiary alicyclic amines) is 1. The molecule has 0 spiro atoms. The van der Waals surface area contributed by atoms with Crippen LogP contribution in [-0.4, -0.2) is 42.9 Å². The van der Waals surface area contributed by atoms with E-state index in [1.807, 2.05) is 36.1 Å². The highest BCUT2D eigenvalue weighted by Gasteiger charge is 2.30. The van der Waals surface area contributed by atoms with Crippen molar-refractivity contribution in [3.8, 4) is 0 Å². The highest BCUT2D eigenvalue weighted by molar-refractivity contribution is 6.04. The molecule has 2 amide bonds. The average Bonchev–Trinajstić information content (AvgIpc) is 2.52. The number of benzene rings is 1. The number of nitrogens with zero attached hydrogens (tertiary/aromatic N) is 1. The van der Waals surface area contributed by atoms with Gasteiger partial charge >= 0.3 is 0 Å². The molecule has 0 saturated carbocycles. The molecule has 5 nitrogen and oxygen atoms in total. The molecular formula is C20H30ClN3O2.